The number of nitrogens with one attached hydrogen (secondary N) is 1. The Labute approximate surface area is 175 Å². The number of hydrogen-bond donors (Lipinski definition) is 1. The number of ether oxygens (including phenoxy) is 2. The van der Waals surface area contributed by atoms with E-state index in [-0.39, 0.29) is 12.0 Å². The highest BCUT2D eigenvalue weighted by Gasteiger charge is 2.23. The van der Waals surface area contributed by atoms with Gasteiger partial charge < -0.3 is 19.2 Å². The van der Waals surface area contributed by atoms with Crippen LogP contribution in [0.5, 0.6) is 5.75 Å². The average Bonchev–Trinajstić information content (AvgIpc) is 3.18. The van der Waals surface area contributed by atoms with Crippen molar-refractivity contribution in [2.45, 2.75) is 13.0 Å². The van der Waals surface area contributed by atoms with Gasteiger partial charge in [-0.25, -0.2) is 4.79 Å². The van der Waals surface area contributed by atoms with Crippen molar-refractivity contribution in [1.82, 2.24) is 4.40 Å². The summed E-state index contributed by atoms with van der Waals surface area (Å²) in [5.74, 6) is 0.432. The standard InChI is InChI=1S/C25H24N2O3/c1-3-30-25(28)19-17-22(27-16-10-9-14-21(19)27)24(18-11-5-4-6-12-18)26-20-13-7-8-15-23(20)29-2/h4-17,24,26H,3H2,1-2H3/t24-/m0/s1. The minimum atomic E-state index is -0.323. The third kappa shape index (κ3) is 3.74. The summed E-state index contributed by atoms with van der Waals surface area (Å²) in [7, 11) is 1.66. The predicted octanol–water partition coefficient (Wildman–Crippen LogP) is 5.33. The van der Waals surface area contributed by atoms with Gasteiger partial charge in [0, 0.05) is 6.20 Å². The van der Waals surface area contributed by atoms with Gasteiger partial charge in [0.1, 0.15) is 5.75 Å². The number of rotatable bonds is 7. The number of esters is 1. The van der Waals surface area contributed by atoms with Crippen LogP contribution in [0.2, 0.25) is 0 Å². The first kappa shape index (κ1) is 19.6. The molecule has 0 radical (unpaired) electrons. The van der Waals surface area contributed by atoms with Crippen LogP contribution >= 0.6 is 0 Å². The fraction of sp³-hybridized carbons (Fsp3) is 0.160. The number of benzene rings is 2. The number of para-hydroxylation sites is 2. The van der Waals surface area contributed by atoms with Crippen molar-refractivity contribution < 1.29 is 14.3 Å². The Morgan fingerprint density at radius 3 is 2.50 bits per heavy atom. The first-order valence-corrected chi connectivity index (χ1v) is 9.94. The maximum atomic E-state index is 12.6. The molecule has 2 aromatic carbocycles. The molecule has 0 amide bonds. The van der Waals surface area contributed by atoms with Crippen LogP contribution in [0.15, 0.2) is 85.1 Å². The lowest BCUT2D eigenvalue weighted by Crippen LogP contribution is -2.15. The molecule has 5 nitrogen and oxygen atoms in total. The zero-order valence-electron chi connectivity index (χ0n) is 17.0. The molecular weight excluding hydrogens is 376 g/mol. The molecule has 1 N–H and O–H groups in total. The summed E-state index contributed by atoms with van der Waals surface area (Å²) >= 11 is 0. The van der Waals surface area contributed by atoms with E-state index in [0.29, 0.717) is 12.2 Å². The van der Waals surface area contributed by atoms with Crippen LogP contribution in [0, 0.1) is 0 Å². The molecule has 0 saturated heterocycles. The van der Waals surface area contributed by atoms with Crippen LogP contribution in [-0.4, -0.2) is 24.1 Å². The third-order valence-corrected chi connectivity index (χ3v) is 5.04. The second kappa shape index (κ2) is 8.74. The first-order chi connectivity index (χ1) is 14.7. The maximum Gasteiger partial charge on any atom is 0.340 e. The van der Waals surface area contributed by atoms with Crippen LogP contribution in [0.1, 0.15) is 34.6 Å². The van der Waals surface area contributed by atoms with Gasteiger partial charge in [-0.1, -0.05) is 48.5 Å². The van der Waals surface area contributed by atoms with Crippen molar-refractivity contribution in [3.8, 4) is 5.75 Å². The van der Waals surface area contributed by atoms with Gasteiger partial charge in [-0.2, -0.15) is 0 Å². The van der Waals surface area contributed by atoms with Crippen LogP contribution in [0.4, 0.5) is 5.69 Å². The molecular formula is C25H24N2O3. The molecule has 4 aromatic rings. The molecule has 1 atom stereocenters. The molecule has 0 spiro atoms. The molecule has 0 bridgehead atoms. The topological polar surface area (TPSA) is 52.0 Å². The minimum absolute atomic E-state index is 0.208. The molecule has 2 heterocycles. The Hall–Kier alpha value is -3.73. The zero-order chi connectivity index (χ0) is 20.9. The van der Waals surface area contributed by atoms with Crippen LogP contribution in [-0.2, 0) is 4.74 Å². The number of anilines is 1. The molecule has 4 rings (SSSR count). The van der Waals surface area contributed by atoms with Crippen molar-refractivity contribution in [1.29, 1.82) is 0 Å². The lowest BCUT2D eigenvalue weighted by Gasteiger charge is -2.22. The van der Waals surface area contributed by atoms with E-state index in [1.165, 1.54) is 0 Å². The Morgan fingerprint density at radius 1 is 1.00 bits per heavy atom. The molecule has 0 fully saturated rings. The monoisotopic (exact) mass is 400 g/mol. The molecule has 0 saturated carbocycles. The Balaban J connectivity index is 1.88. The van der Waals surface area contributed by atoms with E-state index in [4.69, 9.17) is 9.47 Å². The second-order valence-corrected chi connectivity index (χ2v) is 6.85. The highest BCUT2D eigenvalue weighted by atomic mass is 16.5. The van der Waals surface area contributed by atoms with E-state index in [1.54, 1.807) is 7.11 Å². The van der Waals surface area contributed by atoms with Gasteiger partial charge in [0.2, 0.25) is 0 Å². The van der Waals surface area contributed by atoms with E-state index in [0.717, 1.165) is 28.2 Å². The Morgan fingerprint density at radius 2 is 1.73 bits per heavy atom. The van der Waals surface area contributed by atoms with Gasteiger partial charge >= 0.3 is 5.97 Å². The SMILES string of the molecule is CCOC(=O)c1cc([C@@H](Nc2ccccc2OC)c2ccccc2)n2ccccc12. The van der Waals surface area contributed by atoms with Gasteiger partial charge in [-0.15, -0.1) is 0 Å². The molecule has 0 aliphatic rings. The van der Waals surface area contributed by atoms with E-state index < -0.39 is 0 Å². The Bertz CT molecular complexity index is 1150. The van der Waals surface area contributed by atoms with Gasteiger partial charge in [-0.05, 0) is 42.8 Å². The van der Waals surface area contributed by atoms with Crippen LogP contribution < -0.4 is 10.1 Å². The molecule has 0 unspecified atom stereocenters. The van der Waals surface area contributed by atoms with Gasteiger partial charge in [0.05, 0.1) is 42.2 Å². The van der Waals surface area contributed by atoms with Crippen molar-refractivity contribution in [3.05, 3.63) is 102 Å². The number of pyridine rings is 1. The minimum Gasteiger partial charge on any atom is -0.495 e. The third-order valence-electron chi connectivity index (χ3n) is 5.04. The summed E-state index contributed by atoms with van der Waals surface area (Å²) in [6, 6.07) is 25.5. The van der Waals surface area contributed by atoms with Crippen molar-refractivity contribution in [2.75, 3.05) is 19.0 Å². The van der Waals surface area contributed by atoms with Crippen molar-refractivity contribution in [3.63, 3.8) is 0 Å². The van der Waals surface area contributed by atoms with Crippen molar-refractivity contribution in [2.24, 2.45) is 0 Å². The number of carbonyl (C=O) groups excluding carboxylic acids is 1. The normalized spacial score (nSPS) is 11.8. The predicted molar refractivity (Wildman–Crippen MR) is 118 cm³/mol. The first-order valence-electron chi connectivity index (χ1n) is 9.94. The van der Waals surface area contributed by atoms with Gasteiger partial charge in [0.15, 0.2) is 0 Å². The molecule has 2 aromatic heterocycles. The number of methoxy groups -OCH3 is 1. The molecule has 0 aliphatic heterocycles. The van der Waals surface area contributed by atoms with Crippen LogP contribution in [0.3, 0.4) is 0 Å². The van der Waals surface area contributed by atoms with Crippen molar-refractivity contribution >= 4 is 17.2 Å². The summed E-state index contributed by atoms with van der Waals surface area (Å²) in [5, 5.41) is 3.61. The Kier molecular flexibility index (Phi) is 5.70. The lowest BCUT2D eigenvalue weighted by molar-refractivity contribution is 0.0528. The fourth-order valence-electron chi connectivity index (χ4n) is 3.67. The van der Waals surface area contributed by atoms with E-state index in [9.17, 15) is 4.79 Å². The zero-order valence-corrected chi connectivity index (χ0v) is 17.0. The highest BCUT2D eigenvalue weighted by molar-refractivity contribution is 5.97. The maximum absolute atomic E-state index is 12.6. The number of hydrogen-bond acceptors (Lipinski definition) is 4. The fourth-order valence-corrected chi connectivity index (χ4v) is 3.67. The molecule has 30 heavy (non-hydrogen) atoms. The number of carbonyl (C=O) groups is 1. The average molecular weight is 400 g/mol. The van der Waals surface area contributed by atoms with E-state index in [1.807, 2.05) is 84.3 Å². The smallest absolute Gasteiger partial charge is 0.340 e. The van der Waals surface area contributed by atoms with Crippen LogP contribution in [0.25, 0.3) is 5.52 Å². The van der Waals surface area contributed by atoms with E-state index in [2.05, 4.69) is 17.4 Å². The van der Waals surface area contributed by atoms with Gasteiger partial charge in [-0.3, -0.25) is 0 Å². The van der Waals surface area contributed by atoms with E-state index >= 15 is 0 Å². The highest BCUT2D eigenvalue weighted by Crippen LogP contribution is 2.33. The molecule has 0 aliphatic carbocycles. The molecule has 152 valence electrons. The summed E-state index contributed by atoms with van der Waals surface area (Å²) in [5.41, 5.74) is 4.24. The largest absolute Gasteiger partial charge is 0.495 e. The molecule has 5 heteroatoms. The second-order valence-electron chi connectivity index (χ2n) is 6.85. The summed E-state index contributed by atoms with van der Waals surface area (Å²) in [4.78, 5) is 12.6. The summed E-state index contributed by atoms with van der Waals surface area (Å²) in [6.07, 6.45) is 1.97. The number of fused-ring (bicyclic) bond motifs is 1. The summed E-state index contributed by atoms with van der Waals surface area (Å²) < 4.78 is 12.9. The lowest BCUT2D eigenvalue weighted by atomic mass is 10.0. The summed E-state index contributed by atoms with van der Waals surface area (Å²) in [6.45, 7) is 2.15. The number of aromatic nitrogens is 1. The number of nitrogens with zero attached hydrogens (tertiary/aromatic N) is 1. The van der Waals surface area contributed by atoms with Gasteiger partial charge in [0.25, 0.3) is 0 Å². The quantitative estimate of drug-likeness (QED) is 0.426.